The van der Waals surface area contributed by atoms with Crippen molar-refractivity contribution in [2.24, 2.45) is 0 Å². The van der Waals surface area contributed by atoms with Gasteiger partial charge in [-0.15, -0.1) is 0 Å². The molecule has 5 rings (SSSR count). The van der Waals surface area contributed by atoms with E-state index in [1.54, 1.807) is 23.4 Å². The van der Waals surface area contributed by atoms with Crippen molar-refractivity contribution in [3.63, 3.8) is 0 Å². The number of thioether (sulfide) groups is 1. The third-order valence-corrected chi connectivity index (χ3v) is 6.85. The predicted octanol–water partition coefficient (Wildman–Crippen LogP) is 6.05. The van der Waals surface area contributed by atoms with Crippen LogP contribution in [-0.4, -0.2) is 21.6 Å². The lowest BCUT2D eigenvalue weighted by Crippen LogP contribution is -2.24. The first-order valence-electron chi connectivity index (χ1n) is 11.1. The van der Waals surface area contributed by atoms with E-state index in [4.69, 9.17) is 9.72 Å². The summed E-state index contributed by atoms with van der Waals surface area (Å²) in [5.74, 6) is 1.47. The second-order valence-electron chi connectivity index (χ2n) is 8.17. The molecule has 0 fully saturated rings. The molecule has 2 aromatic heterocycles. The Morgan fingerprint density at radius 1 is 1.00 bits per heavy atom. The molecule has 0 saturated heterocycles. The van der Waals surface area contributed by atoms with E-state index in [0.717, 1.165) is 28.2 Å². The lowest BCUT2D eigenvalue weighted by Gasteiger charge is -2.14. The molecule has 0 bridgehead atoms. The minimum Gasteiger partial charge on any atom is -0.496 e. The predicted molar refractivity (Wildman–Crippen MR) is 139 cm³/mol. The first kappa shape index (κ1) is 22.0. The molecule has 5 nitrogen and oxygen atoms in total. The van der Waals surface area contributed by atoms with Gasteiger partial charge in [-0.05, 0) is 24.1 Å². The highest BCUT2D eigenvalue weighted by atomic mass is 32.2. The summed E-state index contributed by atoms with van der Waals surface area (Å²) in [6.45, 7) is 2.46. The fraction of sp³-hybridized carbons (Fsp3) is 0.143. The van der Waals surface area contributed by atoms with Crippen LogP contribution in [0.3, 0.4) is 0 Å². The van der Waals surface area contributed by atoms with Crippen LogP contribution < -0.4 is 10.3 Å². The van der Waals surface area contributed by atoms with Crippen LogP contribution in [0.25, 0.3) is 22.2 Å². The Balaban J connectivity index is 1.63. The van der Waals surface area contributed by atoms with Crippen molar-refractivity contribution in [3.8, 4) is 16.9 Å². The maximum absolute atomic E-state index is 13.7. The molecule has 5 aromatic rings. The Kier molecular flexibility index (Phi) is 6.23. The van der Waals surface area contributed by atoms with Gasteiger partial charge in [0.1, 0.15) is 16.8 Å². The van der Waals surface area contributed by atoms with Crippen molar-refractivity contribution in [1.29, 1.82) is 0 Å². The SMILES string of the molecule is COc1ccccc1Cn1c(SCc2cccc(C)c2)nc2c(-c3ccccc3)c[nH]c2c1=O. The van der Waals surface area contributed by atoms with Gasteiger partial charge in [0.15, 0.2) is 5.16 Å². The number of fused-ring (bicyclic) bond motifs is 1. The Morgan fingerprint density at radius 2 is 1.79 bits per heavy atom. The summed E-state index contributed by atoms with van der Waals surface area (Å²) in [7, 11) is 1.65. The highest BCUT2D eigenvalue weighted by molar-refractivity contribution is 7.98. The number of rotatable bonds is 7. The first-order chi connectivity index (χ1) is 16.6. The summed E-state index contributed by atoms with van der Waals surface area (Å²) in [4.78, 5) is 21.9. The average molecular weight is 468 g/mol. The molecule has 1 N–H and O–H groups in total. The van der Waals surface area contributed by atoms with Gasteiger partial charge in [-0.3, -0.25) is 9.36 Å². The fourth-order valence-corrected chi connectivity index (χ4v) is 5.05. The topological polar surface area (TPSA) is 59.9 Å². The molecule has 0 amide bonds. The van der Waals surface area contributed by atoms with Crippen molar-refractivity contribution in [1.82, 2.24) is 14.5 Å². The molecule has 0 spiro atoms. The molecule has 34 heavy (non-hydrogen) atoms. The average Bonchev–Trinajstić information content (AvgIpc) is 3.30. The van der Waals surface area contributed by atoms with Crippen LogP contribution in [0.15, 0.2) is 95.0 Å². The molecule has 3 aromatic carbocycles. The number of nitrogens with one attached hydrogen (secondary N) is 1. The molecule has 0 radical (unpaired) electrons. The zero-order valence-electron chi connectivity index (χ0n) is 19.1. The van der Waals surface area contributed by atoms with Gasteiger partial charge in [-0.1, -0.05) is 90.1 Å². The van der Waals surface area contributed by atoms with Crippen LogP contribution in [-0.2, 0) is 12.3 Å². The number of hydrogen-bond donors (Lipinski definition) is 1. The number of hydrogen-bond acceptors (Lipinski definition) is 4. The third kappa shape index (κ3) is 4.37. The second-order valence-corrected chi connectivity index (χ2v) is 9.11. The van der Waals surface area contributed by atoms with Crippen molar-refractivity contribution < 1.29 is 4.74 Å². The summed E-state index contributed by atoms with van der Waals surface area (Å²) in [6.07, 6.45) is 1.87. The van der Waals surface area contributed by atoms with Gasteiger partial charge in [0, 0.05) is 23.1 Å². The van der Waals surface area contributed by atoms with E-state index in [2.05, 4.69) is 36.2 Å². The van der Waals surface area contributed by atoms with Crippen molar-refractivity contribution in [3.05, 3.63) is 112 Å². The molecule has 0 atom stereocenters. The van der Waals surface area contributed by atoms with Crippen LogP contribution in [0.5, 0.6) is 5.75 Å². The second kappa shape index (κ2) is 9.61. The molecule has 0 aliphatic carbocycles. The van der Waals surface area contributed by atoms with Gasteiger partial charge in [0.05, 0.1) is 13.7 Å². The number of benzene rings is 3. The fourth-order valence-electron chi connectivity index (χ4n) is 4.11. The molecule has 0 aliphatic heterocycles. The van der Waals surface area contributed by atoms with Crippen molar-refractivity contribution >= 4 is 22.8 Å². The Hall–Kier alpha value is -3.77. The summed E-state index contributed by atoms with van der Waals surface area (Å²) in [6, 6.07) is 26.2. The molecule has 2 heterocycles. The van der Waals surface area contributed by atoms with E-state index in [9.17, 15) is 4.79 Å². The number of nitrogens with zero attached hydrogens (tertiary/aromatic N) is 2. The summed E-state index contributed by atoms with van der Waals surface area (Å²) >= 11 is 1.57. The standard InChI is InChI=1S/C28H25N3O2S/c1-19-9-8-10-20(15-19)18-34-28-30-25-23(21-11-4-3-5-12-21)16-29-26(25)27(32)31(28)17-22-13-6-7-14-24(22)33-2/h3-16,29H,17-18H2,1-2H3. The third-order valence-electron chi connectivity index (χ3n) is 5.81. The highest BCUT2D eigenvalue weighted by Crippen LogP contribution is 2.30. The number of aromatic amines is 1. The van der Waals surface area contributed by atoms with Gasteiger partial charge in [-0.25, -0.2) is 4.98 Å². The van der Waals surface area contributed by atoms with E-state index in [0.29, 0.717) is 22.7 Å². The maximum Gasteiger partial charge on any atom is 0.278 e. The number of methoxy groups -OCH3 is 1. The number of H-pyrrole nitrogens is 1. The molecule has 0 aliphatic rings. The molecule has 0 saturated carbocycles. The number of aromatic nitrogens is 3. The van der Waals surface area contributed by atoms with Gasteiger partial charge in [-0.2, -0.15) is 0 Å². The van der Waals surface area contributed by atoms with Crippen molar-refractivity contribution in [2.45, 2.75) is 24.4 Å². The van der Waals surface area contributed by atoms with Crippen LogP contribution in [0.4, 0.5) is 0 Å². The Labute approximate surface area is 202 Å². The smallest absolute Gasteiger partial charge is 0.278 e. The van der Waals surface area contributed by atoms with Gasteiger partial charge >= 0.3 is 0 Å². The molecular formula is C28H25N3O2S. The normalized spacial score (nSPS) is 11.1. The zero-order chi connectivity index (χ0) is 23.5. The lowest BCUT2D eigenvalue weighted by molar-refractivity contribution is 0.407. The molecule has 0 unspecified atom stereocenters. The van der Waals surface area contributed by atoms with Crippen LogP contribution in [0.1, 0.15) is 16.7 Å². The van der Waals surface area contributed by atoms with Crippen LogP contribution in [0, 0.1) is 6.92 Å². The molecule has 6 heteroatoms. The largest absolute Gasteiger partial charge is 0.496 e. The summed E-state index contributed by atoms with van der Waals surface area (Å²) in [5, 5.41) is 0.682. The summed E-state index contributed by atoms with van der Waals surface area (Å²) in [5.41, 5.74) is 6.40. The Morgan fingerprint density at radius 3 is 2.59 bits per heavy atom. The van der Waals surface area contributed by atoms with E-state index in [1.807, 2.05) is 60.8 Å². The van der Waals surface area contributed by atoms with Crippen LogP contribution >= 0.6 is 11.8 Å². The van der Waals surface area contributed by atoms with Gasteiger partial charge in [0.2, 0.25) is 0 Å². The lowest BCUT2D eigenvalue weighted by atomic mass is 10.1. The van der Waals surface area contributed by atoms with E-state index >= 15 is 0 Å². The van der Waals surface area contributed by atoms with Gasteiger partial charge < -0.3 is 9.72 Å². The monoisotopic (exact) mass is 467 g/mol. The summed E-state index contributed by atoms with van der Waals surface area (Å²) < 4.78 is 7.28. The highest BCUT2D eigenvalue weighted by Gasteiger charge is 2.18. The number of ether oxygens (including phenoxy) is 1. The van der Waals surface area contributed by atoms with E-state index < -0.39 is 0 Å². The first-order valence-corrected chi connectivity index (χ1v) is 12.1. The van der Waals surface area contributed by atoms with Crippen molar-refractivity contribution in [2.75, 3.05) is 7.11 Å². The van der Waals surface area contributed by atoms with Gasteiger partial charge in [0.25, 0.3) is 5.56 Å². The minimum absolute atomic E-state index is 0.0928. The Bertz CT molecular complexity index is 1510. The van der Waals surface area contributed by atoms with Crippen LogP contribution in [0.2, 0.25) is 0 Å². The maximum atomic E-state index is 13.7. The minimum atomic E-state index is -0.0928. The molecular weight excluding hydrogens is 442 g/mol. The molecule has 170 valence electrons. The number of aryl methyl sites for hydroxylation is 1. The van der Waals surface area contributed by atoms with E-state index in [1.165, 1.54) is 11.1 Å². The van der Waals surface area contributed by atoms with E-state index in [-0.39, 0.29) is 5.56 Å². The zero-order valence-corrected chi connectivity index (χ0v) is 19.9. The quantitative estimate of drug-likeness (QED) is 0.234. The number of para-hydroxylation sites is 1.